The van der Waals surface area contributed by atoms with Crippen LogP contribution in [0.25, 0.3) is 5.69 Å². The number of hydrogen-bond acceptors (Lipinski definition) is 3. The van der Waals surface area contributed by atoms with E-state index in [2.05, 4.69) is 4.98 Å². The van der Waals surface area contributed by atoms with Crippen LogP contribution in [0.1, 0.15) is 23.7 Å². The SMILES string of the molecule is CCc1ccc(-n2c(=S)[nH]c(C)c(CC(=O)O)c2=O)cc1. The van der Waals surface area contributed by atoms with Gasteiger partial charge in [0.1, 0.15) is 0 Å². The molecule has 110 valence electrons. The van der Waals surface area contributed by atoms with Crippen LogP contribution in [0.15, 0.2) is 29.1 Å². The number of aryl methyl sites for hydroxylation is 2. The number of aliphatic carboxylic acids is 1. The first-order valence-electron chi connectivity index (χ1n) is 6.60. The van der Waals surface area contributed by atoms with Crippen LogP contribution in [0.2, 0.25) is 0 Å². The Morgan fingerprint density at radius 1 is 1.33 bits per heavy atom. The van der Waals surface area contributed by atoms with E-state index < -0.39 is 5.97 Å². The van der Waals surface area contributed by atoms with Crippen molar-refractivity contribution in [2.45, 2.75) is 26.7 Å². The number of aromatic nitrogens is 2. The third kappa shape index (κ3) is 3.11. The molecule has 0 bridgehead atoms. The molecule has 0 radical (unpaired) electrons. The van der Waals surface area contributed by atoms with Gasteiger partial charge in [0.05, 0.1) is 12.1 Å². The number of rotatable bonds is 4. The van der Waals surface area contributed by atoms with Crippen molar-refractivity contribution in [3.8, 4) is 5.69 Å². The maximum atomic E-state index is 12.5. The first-order chi connectivity index (χ1) is 9.93. The normalized spacial score (nSPS) is 10.6. The van der Waals surface area contributed by atoms with E-state index in [1.807, 2.05) is 31.2 Å². The van der Waals surface area contributed by atoms with E-state index >= 15 is 0 Å². The zero-order valence-electron chi connectivity index (χ0n) is 11.8. The molecule has 0 spiro atoms. The van der Waals surface area contributed by atoms with Crippen molar-refractivity contribution in [2.24, 2.45) is 0 Å². The Morgan fingerprint density at radius 2 is 1.95 bits per heavy atom. The van der Waals surface area contributed by atoms with Gasteiger partial charge in [-0.15, -0.1) is 0 Å². The monoisotopic (exact) mass is 304 g/mol. The van der Waals surface area contributed by atoms with Crippen molar-refractivity contribution in [3.05, 3.63) is 56.2 Å². The number of nitrogens with one attached hydrogen (secondary N) is 1. The largest absolute Gasteiger partial charge is 0.481 e. The van der Waals surface area contributed by atoms with Gasteiger partial charge in [0, 0.05) is 11.3 Å². The fraction of sp³-hybridized carbons (Fsp3) is 0.267. The molecule has 2 N–H and O–H groups in total. The quantitative estimate of drug-likeness (QED) is 0.851. The predicted octanol–water partition coefficient (Wildman–Crippen LogP) is 2.39. The predicted molar refractivity (Wildman–Crippen MR) is 82.7 cm³/mol. The average molecular weight is 304 g/mol. The fourth-order valence-electron chi connectivity index (χ4n) is 2.15. The van der Waals surface area contributed by atoms with E-state index in [0.717, 1.165) is 12.0 Å². The molecule has 0 saturated heterocycles. The van der Waals surface area contributed by atoms with Crippen molar-refractivity contribution >= 4 is 18.2 Å². The van der Waals surface area contributed by atoms with Crippen molar-refractivity contribution in [1.29, 1.82) is 0 Å². The third-order valence-corrected chi connectivity index (χ3v) is 3.63. The molecule has 2 aromatic rings. The van der Waals surface area contributed by atoms with E-state index in [4.69, 9.17) is 17.3 Å². The Balaban J connectivity index is 2.65. The van der Waals surface area contributed by atoms with E-state index in [0.29, 0.717) is 11.4 Å². The van der Waals surface area contributed by atoms with Gasteiger partial charge in [-0.05, 0) is 43.3 Å². The van der Waals surface area contributed by atoms with Crippen LogP contribution in [0.3, 0.4) is 0 Å². The molecule has 0 aliphatic heterocycles. The number of aromatic amines is 1. The molecular formula is C15H16N2O3S. The molecule has 0 fully saturated rings. The van der Waals surface area contributed by atoms with Crippen LogP contribution in [-0.2, 0) is 17.6 Å². The van der Waals surface area contributed by atoms with Gasteiger partial charge in [0.2, 0.25) is 0 Å². The molecule has 0 aliphatic rings. The summed E-state index contributed by atoms with van der Waals surface area (Å²) in [6.45, 7) is 3.70. The standard InChI is InChI=1S/C15H16N2O3S/c1-3-10-4-6-11(7-5-10)17-14(20)12(8-13(18)19)9(2)16-15(17)21/h4-7H,3,8H2,1-2H3,(H,16,21)(H,18,19). The lowest BCUT2D eigenvalue weighted by Gasteiger charge is -2.11. The molecule has 5 nitrogen and oxygen atoms in total. The topological polar surface area (TPSA) is 75.1 Å². The summed E-state index contributed by atoms with van der Waals surface area (Å²) in [5, 5.41) is 8.93. The first kappa shape index (κ1) is 15.2. The Bertz CT molecular complexity index is 788. The highest BCUT2D eigenvalue weighted by Crippen LogP contribution is 2.10. The van der Waals surface area contributed by atoms with Crippen LogP contribution < -0.4 is 5.56 Å². The van der Waals surface area contributed by atoms with Crippen LogP contribution >= 0.6 is 12.2 Å². The average Bonchev–Trinajstić information content (AvgIpc) is 2.44. The Morgan fingerprint density at radius 3 is 2.48 bits per heavy atom. The number of H-pyrrole nitrogens is 1. The lowest BCUT2D eigenvalue weighted by molar-refractivity contribution is -0.136. The Kier molecular flexibility index (Phi) is 4.37. The molecule has 1 heterocycles. The van der Waals surface area contributed by atoms with Gasteiger partial charge in [-0.1, -0.05) is 19.1 Å². The smallest absolute Gasteiger partial charge is 0.308 e. The highest BCUT2D eigenvalue weighted by atomic mass is 32.1. The molecule has 0 amide bonds. The van der Waals surface area contributed by atoms with Gasteiger partial charge in [-0.3, -0.25) is 14.2 Å². The second-order valence-electron chi connectivity index (χ2n) is 4.76. The van der Waals surface area contributed by atoms with Crippen LogP contribution in [0.5, 0.6) is 0 Å². The van der Waals surface area contributed by atoms with E-state index in [1.54, 1.807) is 6.92 Å². The van der Waals surface area contributed by atoms with Gasteiger partial charge in [0.15, 0.2) is 4.77 Å². The van der Waals surface area contributed by atoms with Gasteiger partial charge in [-0.2, -0.15) is 0 Å². The number of benzene rings is 1. The van der Waals surface area contributed by atoms with Crippen LogP contribution in [-0.4, -0.2) is 20.6 Å². The summed E-state index contributed by atoms with van der Waals surface area (Å²) in [4.78, 5) is 26.3. The number of carboxylic acids is 1. The Labute approximate surface area is 126 Å². The molecule has 21 heavy (non-hydrogen) atoms. The van der Waals surface area contributed by atoms with Gasteiger partial charge < -0.3 is 10.1 Å². The summed E-state index contributed by atoms with van der Waals surface area (Å²) in [7, 11) is 0. The van der Waals surface area contributed by atoms with Crippen LogP contribution in [0.4, 0.5) is 0 Å². The minimum atomic E-state index is -1.05. The minimum Gasteiger partial charge on any atom is -0.481 e. The van der Waals surface area contributed by atoms with E-state index in [9.17, 15) is 9.59 Å². The minimum absolute atomic E-state index is 0.218. The molecular weight excluding hydrogens is 288 g/mol. The lowest BCUT2D eigenvalue weighted by atomic mass is 10.1. The molecule has 0 atom stereocenters. The zero-order chi connectivity index (χ0) is 15.6. The number of hydrogen-bond donors (Lipinski definition) is 2. The summed E-state index contributed by atoms with van der Waals surface area (Å²) in [5.74, 6) is -1.05. The number of carbonyl (C=O) groups is 1. The second-order valence-corrected chi connectivity index (χ2v) is 5.15. The van der Waals surface area contributed by atoms with Crippen molar-refractivity contribution in [1.82, 2.24) is 9.55 Å². The molecule has 2 rings (SSSR count). The zero-order valence-corrected chi connectivity index (χ0v) is 12.7. The van der Waals surface area contributed by atoms with Gasteiger partial charge in [0.25, 0.3) is 5.56 Å². The second kappa shape index (κ2) is 6.05. The number of carboxylic acid groups (broad SMARTS) is 1. The van der Waals surface area contributed by atoms with E-state index in [1.165, 1.54) is 4.57 Å². The molecule has 6 heteroatoms. The summed E-state index contributed by atoms with van der Waals surface area (Å²) in [6.07, 6.45) is 0.573. The molecule has 1 aromatic carbocycles. The summed E-state index contributed by atoms with van der Waals surface area (Å²) in [6, 6.07) is 7.47. The highest BCUT2D eigenvalue weighted by Gasteiger charge is 2.14. The summed E-state index contributed by atoms with van der Waals surface area (Å²) < 4.78 is 1.59. The number of nitrogens with zero attached hydrogens (tertiary/aromatic N) is 1. The molecule has 0 saturated carbocycles. The van der Waals surface area contributed by atoms with Crippen molar-refractivity contribution < 1.29 is 9.90 Å². The summed E-state index contributed by atoms with van der Waals surface area (Å²) in [5.41, 5.74) is 2.11. The van der Waals surface area contributed by atoms with Gasteiger partial charge in [-0.25, -0.2) is 0 Å². The van der Waals surface area contributed by atoms with Crippen molar-refractivity contribution in [3.63, 3.8) is 0 Å². The summed E-state index contributed by atoms with van der Waals surface area (Å²) >= 11 is 5.20. The Hall–Kier alpha value is -2.21. The van der Waals surface area contributed by atoms with Gasteiger partial charge >= 0.3 is 5.97 Å². The highest BCUT2D eigenvalue weighted by molar-refractivity contribution is 7.71. The lowest BCUT2D eigenvalue weighted by Crippen LogP contribution is -2.27. The third-order valence-electron chi connectivity index (χ3n) is 3.34. The molecule has 0 unspecified atom stereocenters. The molecule has 0 aliphatic carbocycles. The van der Waals surface area contributed by atoms with Crippen molar-refractivity contribution in [2.75, 3.05) is 0 Å². The maximum absolute atomic E-state index is 12.5. The van der Waals surface area contributed by atoms with Crippen LogP contribution in [0, 0.1) is 11.7 Å². The first-order valence-corrected chi connectivity index (χ1v) is 7.00. The fourth-order valence-corrected chi connectivity index (χ4v) is 2.50. The maximum Gasteiger partial charge on any atom is 0.308 e. The van der Waals surface area contributed by atoms with E-state index in [-0.39, 0.29) is 22.3 Å². The molecule has 1 aromatic heterocycles.